The molecule has 1 unspecified atom stereocenters. The highest BCUT2D eigenvalue weighted by Gasteiger charge is 2.20. The second-order valence-corrected chi connectivity index (χ2v) is 9.50. The normalized spacial score (nSPS) is 17.1. The Hall–Kier alpha value is -1.41. The number of hydrogen-bond acceptors (Lipinski definition) is 6. The van der Waals surface area contributed by atoms with Gasteiger partial charge in [0.1, 0.15) is 0 Å². The number of aromatic nitrogens is 3. The van der Waals surface area contributed by atoms with Crippen molar-refractivity contribution in [3.05, 3.63) is 49.7 Å². The van der Waals surface area contributed by atoms with Crippen LogP contribution >= 0.6 is 34.7 Å². The van der Waals surface area contributed by atoms with E-state index in [4.69, 9.17) is 26.3 Å². The first-order chi connectivity index (χ1) is 13.5. The monoisotopic (exact) mass is 435 g/mol. The molecule has 148 valence electrons. The number of benzene rings is 1. The lowest BCUT2D eigenvalue weighted by Crippen LogP contribution is -2.28. The molecule has 4 rings (SSSR count). The van der Waals surface area contributed by atoms with Crippen LogP contribution in [-0.4, -0.2) is 27.2 Å². The van der Waals surface area contributed by atoms with Gasteiger partial charge in [-0.25, -0.2) is 9.97 Å². The minimum absolute atomic E-state index is 0.0409. The van der Waals surface area contributed by atoms with Crippen molar-refractivity contribution >= 4 is 45.6 Å². The number of rotatable bonds is 6. The third-order valence-corrected chi connectivity index (χ3v) is 7.14. The van der Waals surface area contributed by atoms with E-state index in [0.717, 1.165) is 30.2 Å². The van der Waals surface area contributed by atoms with Gasteiger partial charge >= 0.3 is 0 Å². The molecule has 1 aliphatic rings. The molecular weight excluding hydrogens is 414 g/mol. The molecule has 1 aliphatic heterocycles. The Kier molecular flexibility index (Phi) is 6.06. The molecule has 3 heterocycles. The topological polar surface area (TPSA) is 57.0 Å². The summed E-state index contributed by atoms with van der Waals surface area (Å²) in [6, 6.07) is 5.24. The van der Waals surface area contributed by atoms with Crippen molar-refractivity contribution < 1.29 is 4.74 Å². The van der Waals surface area contributed by atoms with E-state index in [0.29, 0.717) is 39.3 Å². The zero-order valence-corrected chi connectivity index (χ0v) is 18.2. The van der Waals surface area contributed by atoms with Gasteiger partial charge in [-0.1, -0.05) is 37.2 Å². The average Bonchev–Trinajstić information content (AvgIpc) is 3.34. The van der Waals surface area contributed by atoms with E-state index in [1.54, 1.807) is 45.9 Å². The van der Waals surface area contributed by atoms with Gasteiger partial charge in [0.2, 0.25) is 0 Å². The van der Waals surface area contributed by atoms with Crippen LogP contribution in [-0.2, 0) is 17.0 Å². The molecule has 1 fully saturated rings. The molecule has 3 aromatic rings. The van der Waals surface area contributed by atoms with E-state index in [9.17, 15) is 4.79 Å². The molecule has 0 saturated carbocycles. The Balaban J connectivity index is 1.67. The Morgan fingerprint density at radius 1 is 1.39 bits per heavy atom. The molecule has 8 heteroatoms. The van der Waals surface area contributed by atoms with Crippen molar-refractivity contribution in [1.82, 2.24) is 14.5 Å². The summed E-state index contributed by atoms with van der Waals surface area (Å²) in [5, 5.41) is 5.07. The van der Waals surface area contributed by atoms with Crippen LogP contribution in [0.4, 0.5) is 0 Å². The van der Waals surface area contributed by atoms with Crippen LogP contribution in [0, 0.1) is 0 Å². The van der Waals surface area contributed by atoms with E-state index < -0.39 is 0 Å². The van der Waals surface area contributed by atoms with Crippen LogP contribution in [0.15, 0.2) is 33.5 Å². The summed E-state index contributed by atoms with van der Waals surface area (Å²) in [7, 11) is 0. The van der Waals surface area contributed by atoms with Gasteiger partial charge in [-0.05, 0) is 31.0 Å². The van der Waals surface area contributed by atoms with Crippen molar-refractivity contribution in [3.8, 4) is 0 Å². The molecule has 0 spiro atoms. The number of hydrogen-bond donors (Lipinski definition) is 0. The largest absolute Gasteiger partial charge is 0.376 e. The fraction of sp³-hybridized carbons (Fsp3) is 0.450. The smallest absolute Gasteiger partial charge is 0.262 e. The Labute approximate surface area is 177 Å². The highest BCUT2D eigenvalue weighted by Crippen LogP contribution is 2.27. The highest BCUT2D eigenvalue weighted by atomic mass is 35.5. The Morgan fingerprint density at radius 2 is 2.25 bits per heavy atom. The predicted molar refractivity (Wildman–Crippen MR) is 116 cm³/mol. The second kappa shape index (κ2) is 8.53. The van der Waals surface area contributed by atoms with Gasteiger partial charge in [0.15, 0.2) is 5.16 Å². The number of thioether (sulfide) groups is 1. The van der Waals surface area contributed by atoms with Crippen molar-refractivity contribution in [2.24, 2.45) is 0 Å². The number of halogens is 1. The Bertz CT molecular complexity index is 1040. The fourth-order valence-corrected chi connectivity index (χ4v) is 5.24. The summed E-state index contributed by atoms with van der Waals surface area (Å²) >= 11 is 9.34. The van der Waals surface area contributed by atoms with Gasteiger partial charge < -0.3 is 4.74 Å². The minimum atomic E-state index is -0.0409. The number of ether oxygens (including phenoxy) is 1. The molecule has 2 aromatic heterocycles. The van der Waals surface area contributed by atoms with Crippen LogP contribution in [0.3, 0.4) is 0 Å². The van der Waals surface area contributed by atoms with Crippen molar-refractivity contribution in [1.29, 1.82) is 0 Å². The van der Waals surface area contributed by atoms with Gasteiger partial charge in [0, 0.05) is 28.7 Å². The minimum Gasteiger partial charge on any atom is -0.376 e. The van der Waals surface area contributed by atoms with Gasteiger partial charge in [-0.2, -0.15) is 0 Å². The van der Waals surface area contributed by atoms with Crippen LogP contribution in [0.5, 0.6) is 0 Å². The quantitative estimate of drug-likeness (QED) is 0.398. The van der Waals surface area contributed by atoms with E-state index in [-0.39, 0.29) is 11.7 Å². The second-order valence-electron chi connectivity index (χ2n) is 7.23. The molecule has 0 N–H and O–H groups in total. The van der Waals surface area contributed by atoms with Crippen LogP contribution in [0.1, 0.15) is 43.3 Å². The summed E-state index contributed by atoms with van der Waals surface area (Å²) in [6.07, 6.45) is 2.07. The van der Waals surface area contributed by atoms with E-state index in [1.807, 2.05) is 0 Å². The van der Waals surface area contributed by atoms with Crippen LogP contribution < -0.4 is 5.56 Å². The molecule has 0 bridgehead atoms. The summed E-state index contributed by atoms with van der Waals surface area (Å²) in [4.78, 5) is 22.6. The molecule has 5 nitrogen and oxygen atoms in total. The number of thiazole rings is 1. The molecule has 1 saturated heterocycles. The summed E-state index contributed by atoms with van der Waals surface area (Å²) in [6.45, 7) is 5.57. The van der Waals surface area contributed by atoms with Crippen LogP contribution in [0.2, 0.25) is 5.02 Å². The van der Waals surface area contributed by atoms with E-state index >= 15 is 0 Å². The molecule has 0 amide bonds. The van der Waals surface area contributed by atoms with Gasteiger partial charge in [-0.15, -0.1) is 11.3 Å². The highest BCUT2D eigenvalue weighted by molar-refractivity contribution is 7.98. The van der Waals surface area contributed by atoms with Gasteiger partial charge in [0.05, 0.1) is 34.3 Å². The maximum absolute atomic E-state index is 13.2. The first-order valence-electron chi connectivity index (χ1n) is 9.40. The standard InChI is InChI=1S/C20H22ClN3O2S2/c1-12(2)18-22-14(10-27-18)11-28-20-23-17-8-13(21)5-6-16(17)19(25)24(20)9-15-4-3-7-26-15/h5-6,8,10,12,15H,3-4,7,9,11H2,1-2H3. The van der Waals surface area contributed by atoms with Crippen molar-refractivity contribution in [2.45, 2.75) is 56.2 Å². The summed E-state index contributed by atoms with van der Waals surface area (Å²) in [5.41, 5.74) is 1.60. The SMILES string of the molecule is CC(C)c1nc(CSc2nc3cc(Cl)ccc3c(=O)n2CC2CCCO2)cs1. The average molecular weight is 436 g/mol. The lowest BCUT2D eigenvalue weighted by atomic mass is 10.2. The lowest BCUT2D eigenvalue weighted by molar-refractivity contribution is 0.0937. The third kappa shape index (κ3) is 4.27. The maximum atomic E-state index is 13.2. The zero-order chi connectivity index (χ0) is 19.7. The molecule has 28 heavy (non-hydrogen) atoms. The van der Waals surface area contributed by atoms with Crippen LogP contribution in [0.25, 0.3) is 10.9 Å². The van der Waals surface area contributed by atoms with E-state index in [1.165, 1.54) is 0 Å². The lowest BCUT2D eigenvalue weighted by Gasteiger charge is -2.16. The molecule has 1 atom stereocenters. The van der Waals surface area contributed by atoms with Crippen molar-refractivity contribution in [3.63, 3.8) is 0 Å². The van der Waals surface area contributed by atoms with Gasteiger partial charge in [-0.3, -0.25) is 9.36 Å². The maximum Gasteiger partial charge on any atom is 0.262 e. The molecule has 1 aromatic carbocycles. The molecule has 0 aliphatic carbocycles. The molecular formula is C20H22ClN3O2S2. The number of fused-ring (bicyclic) bond motifs is 1. The third-order valence-electron chi connectivity index (χ3n) is 4.71. The summed E-state index contributed by atoms with van der Waals surface area (Å²) < 4.78 is 7.52. The number of nitrogens with zero attached hydrogens (tertiary/aromatic N) is 3. The van der Waals surface area contributed by atoms with Crippen molar-refractivity contribution in [2.75, 3.05) is 6.61 Å². The first-order valence-corrected chi connectivity index (χ1v) is 11.6. The first kappa shape index (κ1) is 19.9. The van der Waals surface area contributed by atoms with Gasteiger partial charge in [0.25, 0.3) is 5.56 Å². The predicted octanol–water partition coefficient (Wildman–Crippen LogP) is 5.10. The molecule has 0 radical (unpaired) electrons. The summed E-state index contributed by atoms with van der Waals surface area (Å²) in [5.74, 6) is 1.09. The fourth-order valence-electron chi connectivity index (χ4n) is 3.23. The zero-order valence-electron chi connectivity index (χ0n) is 15.9. The Morgan fingerprint density at radius 3 is 2.96 bits per heavy atom. The van der Waals surface area contributed by atoms with E-state index in [2.05, 4.69) is 19.2 Å².